The highest BCUT2D eigenvalue weighted by Gasteiger charge is 2.35. The van der Waals surface area contributed by atoms with E-state index in [4.69, 9.17) is 4.74 Å². The van der Waals surface area contributed by atoms with Gasteiger partial charge in [-0.15, -0.1) is 11.3 Å². The largest absolute Gasteiger partial charge is 0.496 e. The van der Waals surface area contributed by atoms with Gasteiger partial charge in [-0.25, -0.2) is 12.8 Å². The van der Waals surface area contributed by atoms with Crippen LogP contribution < -0.4 is 15.4 Å². The van der Waals surface area contributed by atoms with Crippen LogP contribution in [0.2, 0.25) is 0 Å². The number of nitrogens with one attached hydrogen (secondary N) is 2. The van der Waals surface area contributed by atoms with Gasteiger partial charge < -0.3 is 20.3 Å². The van der Waals surface area contributed by atoms with Crippen LogP contribution in [-0.2, 0) is 28.7 Å². The Morgan fingerprint density at radius 1 is 0.936 bits per heavy atom. The fraction of sp³-hybridized carbons (Fsp3) is 0.267. The minimum Gasteiger partial charge on any atom is -0.496 e. The third-order valence-electron chi connectivity index (χ3n) is 7.38. The van der Waals surface area contributed by atoms with E-state index in [1.54, 1.807) is 0 Å². The van der Waals surface area contributed by atoms with Gasteiger partial charge in [0.2, 0.25) is 0 Å². The van der Waals surface area contributed by atoms with Crippen LogP contribution >= 0.6 is 11.3 Å². The second-order valence-corrected chi connectivity index (χ2v) is 13.9. The van der Waals surface area contributed by atoms with Crippen LogP contribution in [0.15, 0.2) is 54.6 Å². The molecule has 0 unspecified atom stereocenters. The number of nitrogens with zero attached hydrogens (tertiary/aromatic N) is 1. The van der Waals surface area contributed by atoms with Gasteiger partial charge in [0, 0.05) is 39.3 Å². The number of carbonyl (C=O) groups is 2. The molecular weight excluding hydrogens is 679 g/mol. The summed E-state index contributed by atoms with van der Waals surface area (Å²) >= 11 is 0.845. The number of rotatable bonds is 7. The van der Waals surface area contributed by atoms with Crippen molar-refractivity contribution in [2.24, 2.45) is 0 Å². The Labute approximate surface area is 267 Å². The van der Waals surface area contributed by atoms with Gasteiger partial charge in [-0.3, -0.25) is 9.59 Å². The zero-order chi connectivity index (χ0) is 34.3. The van der Waals surface area contributed by atoms with E-state index >= 15 is 0 Å². The number of amides is 2. The minimum atomic E-state index is -4.98. The van der Waals surface area contributed by atoms with Crippen molar-refractivity contribution in [3.8, 4) is 5.75 Å². The monoisotopic (exact) mass is 703 g/mol. The summed E-state index contributed by atoms with van der Waals surface area (Å²) in [4.78, 5) is 28.4. The molecule has 250 valence electrons. The molecule has 0 atom stereocenters. The van der Waals surface area contributed by atoms with Gasteiger partial charge in [0.05, 0.1) is 47.5 Å². The second-order valence-electron chi connectivity index (χ2n) is 10.5. The summed E-state index contributed by atoms with van der Waals surface area (Å²) in [5, 5.41) is 5.55. The normalized spacial score (nSPS) is 15.0. The molecule has 1 aromatic heterocycles. The van der Waals surface area contributed by atoms with Crippen molar-refractivity contribution in [1.82, 2.24) is 4.90 Å². The molecule has 0 saturated carbocycles. The Morgan fingerprint density at radius 2 is 1.64 bits per heavy atom. The quantitative estimate of drug-likeness (QED) is 0.205. The van der Waals surface area contributed by atoms with Crippen molar-refractivity contribution >= 4 is 54.4 Å². The fourth-order valence-electron chi connectivity index (χ4n) is 4.92. The van der Waals surface area contributed by atoms with Crippen LogP contribution in [0.5, 0.6) is 5.75 Å². The Hall–Kier alpha value is -4.38. The molecule has 2 N–H and O–H groups in total. The standard InChI is InChI=1S/C30H24F7N3O5S2/c1-45-23-7-2-16(28(42)40-8-10-47(43,44)11-9-40)12-20(23)27(41)39-26-19-5-3-17(29(32,33)34)13-24(19)46-25(26)15-38-18-4-6-22(31)21(14-18)30(35,36)37/h2-7,12-14,38H,8-11,15H2,1H3,(H,39,41). The third-order valence-corrected chi connectivity index (χ3v) is 10.1. The maximum absolute atomic E-state index is 13.8. The topological polar surface area (TPSA) is 105 Å². The van der Waals surface area contributed by atoms with Crippen LogP contribution in [-0.4, -0.2) is 56.8 Å². The van der Waals surface area contributed by atoms with Crippen molar-refractivity contribution in [3.05, 3.63) is 87.5 Å². The number of hydrogen-bond acceptors (Lipinski definition) is 7. The summed E-state index contributed by atoms with van der Waals surface area (Å²) in [5.74, 6) is -3.22. The maximum Gasteiger partial charge on any atom is 0.419 e. The second kappa shape index (κ2) is 12.7. The van der Waals surface area contributed by atoms with E-state index in [2.05, 4.69) is 10.6 Å². The molecule has 47 heavy (non-hydrogen) atoms. The highest BCUT2D eigenvalue weighted by Crippen LogP contribution is 2.41. The first-order valence-electron chi connectivity index (χ1n) is 13.7. The minimum absolute atomic E-state index is 0.0373. The Morgan fingerprint density at radius 3 is 2.28 bits per heavy atom. The summed E-state index contributed by atoms with van der Waals surface area (Å²) in [6.07, 6.45) is -9.66. The van der Waals surface area contributed by atoms with Gasteiger partial charge in [0.25, 0.3) is 11.8 Å². The molecular formula is C30H24F7N3O5S2. The average Bonchev–Trinajstić information content (AvgIpc) is 3.35. The van der Waals surface area contributed by atoms with E-state index in [0.29, 0.717) is 12.1 Å². The number of sulfone groups is 1. The lowest BCUT2D eigenvalue weighted by Gasteiger charge is -2.27. The van der Waals surface area contributed by atoms with E-state index in [1.807, 2.05) is 0 Å². The zero-order valence-electron chi connectivity index (χ0n) is 24.2. The molecule has 2 amide bonds. The van der Waals surface area contributed by atoms with Crippen LogP contribution in [0.4, 0.5) is 42.1 Å². The van der Waals surface area contributed by atoms with Crippen LogP contribution in [0, 0.1) is 5.82 Å². The Bertz CT molecular complexity index is 1960. The Kier molecular flexibility index (Phi) is 9.16. The van der Waals surface area contributed by atoms with E-state index in [-0.39, 0.29) is 74.4 Å². The summed E-state index contributed by atoms with van der Waals surface area (Å²) in [5.41, 5.74) is -2.64. The first kappa shape index (κ1) is 34.0. The summed E-state index contributed by atoms with van der Waals surface area (Å²) < 4.78 is 123. The lowest BCUT2D eigenvalue weighted by atomic mass is 10.1. The zero-order valence-corrected chi connectivity index (χ0v) is 25.8. The SMILES string of the molecule is COc1ccc(C(=O)N2CCS(=O)(=O)CC2)cc1C(=O)Nc1c(CNc2ccc(F)c(C(F)(F)F)c2)sc2cc(C(F)(F)F)ccc12. The summed E-state index contributed by atoms with van der Waals surface area (Å²) in [7, 11) is -2.00. The number of benzene rings is 3. The molecule has 4 aromatic rings. The number of methoxy groups -OCH3 is 1. The van der Waals surface area contributed by atoms with Crippen molar-refractivity contribution in [2.45, 2.75) is 18.9 Å². The number of carbonyl (C=O) groups excluding carboxylic acids is 2. The lowest BCUT2D eigenvalue weighted by molar-refractivity contribution is -0.140. The Balaban J connectivity index is 1.48. The van der Waals surface area contributed by atoms with Gasteiger partial charge in [-0.05, 0) is 48.5 Å². The molecule has 0 aliphatic carbocycles. The predicted molar refractivity (Wildman–Crippen MR) is 161 cm³/mol. The summed E-state index contributed by atoms with van der Waals surface area (Å²) in [6.45, 7) is -0.346. The molecule has 3 aromatic carbocycles. The van der Waals surface area contributed by atoms with Crippen molar-refractivity contribution in [1.29, 1.82) is 0 Å². The summed E-state index contributed by atoms with van der Waals surface area (Å²) in [6, 6.07) is 9.06. The number of anilines is 2. The van der Waals surface area contributed by atoms with Gasteiger partial charge in [0.15, 0.2) is 9.84 Å². The van der Waals surface area contributed by atoms with Gasteiger partial charge in [0.1, 0.15) is 11.6 Å². The number of ether oxygens (including phenoxy) is 1. The fourth-order valence-corrected chi connectivity index (χ4v) is 7.26. The number of thiophene rings is 1. The smallest absolute Gasteiger partial charge is 0.419 e. The maximum atomic E-state index is 13.8. The molecule has 2 heterocycles. The molecule has 17 heteroatoms. The van der Waals surface area contributed by atoms with E-state index < -0.39 is 50.9 Å². The van der Waals surface area contributed by atoms with Gasteiger partial charge in [-0.1, -0.05) is 6.07 Å². The number of halogens is 7. The molecule has 1 aliphatic heterocycles. The first-order valence-corrected chi connectivity index (χ1v) is 16.3. The average molecular weight is 704 g/mol. The van der Waals surface area contributed by atoms with E-state index in [9.17, 15) is 48.7 Å². The number of fused-ring (bicyclic) bond motifs is 1. The molecule has 0 radical (unpaired) electrons. The van der Waals surface area contributed by atoms with Crippen molar-refractivity contribution < 1.29 is 53.5 Å². The highest BCUT2D eigenvalue weighted by atomic mass is 32.2. The van der Waals surface area contributed by atoms with E-state index in [1.165, 1.54) is 30.2 Å². The molecule has 0 spiro atoms. The molecule has 1 fully saturated rings. The molecule has 0 bridgehead atoms. The molecule has 1 aliphatic rings. The molecule has 5 rings (SSSR count). The van der Waals surface area contributed by atoms with E-state index in [0.717, 1.165) is 35.6 Å². The predicted octanol–water partition coefficient (Wildman–Crippen LogP) is 6.82. The highest BCUT2D eigenvalue weighted by molar-refractivity contribution is 7.91. The van der Waals surface area contributed by atoms with Crippen LogP contribution in [0.3, 0.4) is 0 Å². The first-order chi connectivity index (χ1) is 22.0. The van der Waals surface area contributed by atoms with Crippen molar-refractivity contribution in [3.63, 3.8) is 0 Å². The van der Waals surface area contributed by atoms with Crippen LogP contribution in [0.1, 0.15) is 36.7 Å². The lowest BCUT2D eigenvalue weighted by Crippen LogP contribution is -2.43. The van der Waals surface area contributed by atoms with Crippen molar-refractivity contribution in [2.75, 3.05) is 42.3 Å². The van der Waals surface area contributed by atoms with Gasteiger partial charge >= 0.3 is 12.4 Å². The number of alkyl halides is 6. The van der Waals surface area contributed by atoms with Crippen LogP contribution in [0.25, 0.3) is 10.1 Å². The van der Waals surface area contributed by atoms with Gasteiger partial charge in [-0.2, -0.15) is 26.3 Å². The molecule has 1 saturated heterocycles. The molecule has 8 nitrogen and oxygen atoms in total. The number of hydrogen-bond donors (Lipinski definition) is 2. The third kappa shape index (κ3) is 7.45.